The normalized spacial score (nSPS) is 17.6. The lowest BCUT2D eigenvalue weighted by molar-refractivity contribution is -0.385. The molecule has 0 radical (unpaired) electrons. The number of amides is 1. The van der Waals surface area contributed by atoms with Crippen LogP contribution in [0.25, 0.3) is 11.1 Å². The molecule has 3 aromatic rings. The molecule has 4 rings (SSSR count). The summed E-state index contributed by atoms with van der Waals surface area (Å²) < 4.78 is 5.91. The molecule has 8 heteroatoms. The molecule has 1 saturated heterocycles. The number of nitrogens with two attached hydrogens (primary N) is 1. The van der Waals surface area contributed by atoms with Crippen molar-refractivity contribution in [3.8, 4) is 0 Å². The van der Waals surface area contributed by atoms with Gasteiger partial charge in [0, 0.05) is 36.2 Å². The molecule has 28 heavy (non-hydrogen) atoms. The number of hydrogen-bond donors (Lipinski definition) is 1. The van der Waals surface area contributed by atoms with Gasteiger partial charge in [-0.1, -0.05) is 18.2 Å². The standard InChI is InChI=1S/C20H20N4O4/c21-19(25)13-7-8-14(17(10-13)24(26)27)11-23-9-3-4-15(12-23)20-22-16-5-1-2-6-18(16)28-20/h1-2,5-8,10,15H,3-4,9,11-12H2,(H2,21,25). The molecule has 1 aliphatic rings. The van der Waals surface area contributed by atoms with Gasteiger partial charge in [-0.3, -0.25) is 19.8 Å². The maximum atomic E-state index is 11.4. The number of carbonyl (C=O) groups excluding carboxylic acids is 1. The summed E-state index contributed by atoms with van der Waals surface area (Å²) in [7, 11) is 0. The van der Waals surface area contributed by atoms with Crippen molar-refractivity contribution in [2.24, 2.45) is 5.73 Å². The predicted molar refractivity (Wildman–Crippen MR) is 103 cm³/mol. The van der Waals surface area contributed by atoms with E-state index in [0.717, 1.165) is 30.5 Å². The number of aromatic nitrogens is 1. The van der Waals surface area contributed by atoms with E-state index in [1.165, 1.54) is 12.1 Å². The summed E-state index contributed by atoms with van der Waals surface area (Å²) >= 11 is 0. The topological polar surface area (TPSA) is 116 Å². The van der Waals surface area contributed by atoms with Crippen LogP contribution in [0.1, 0.15) is 40.6 Å². The molecule has 1 atom stereocenters. The largest absolute Gasteiger partial charge is 0.440 e. The first-order valence-electron chi connectivity index (χ1n) is 9.16. The van der Waals surface area contributed by atoms with E-state index in [1.54, 1.807) is 6.07 Å². The zero-order valence-corrected chi connectivity index (χ0v) is 15.2. The summed E-state index contributed by atoms with van der Waals surface area (Å²) in [5.41, 5.74) is 7.47. The molecule has 1 aromatic heterocycles. The number of likely N-dealkylation sites (tertiary alicyclic amines) is 1. The monoisotopic (exact) mass is 380 g/mol. The molecule has 0 bridgehead atoms. The van der Waals surface area contributed by atoms with Gasteiger partial charge in [0.1, 0.15) is 5.52 Å². The van der Waals surface area contributed by atoms with Gasteiger partial charge in [0.15, 0.2) is 11.5 Å². The van der Waals surface area contributed by atoms with Crippen molar-refractivity contribution in [3.05, 3.63) is 69.6 Å². The van der Waals surface area contributed by atoms with Crippen molar-refractivity contribution in [3.63, 3.8) is 0 Å². The fraction of sp³-hybridized carbons (Fsp3) is 0.300. The first-order chi connectivity index (χ1) is 13.5. The molecular weight excluding hydrogens is 360 g/mol. The molecule has 1 amide bonds. The van der Waals surface area contributed by atoms with Gasteiger partial charge in [-0.25, -0.2) is 4.98 Å². The Kier molecular flexibility index (Phi) is 4.79. The highest BCUT2D eigenvalue weighted by atomic mass is 16.6. The SMILES string of the molecule is NC(=O)c1ccc(CN2CCCC(c3nc4ccccc4o3)C2)c([N+](=O)[O-])c1. The van der Waals surface area contributed by atoms with Crippen molar-refractivity contribution in [1.29, 1.82) is 0 Å². The first kappa shape index (κ1) is 18.1. The van der Waals surface area contributed by atoms with Gasteiger partial charge >= 0.3 is 0 Å². The van der Waals surface area contributed by atoms with Crippen molar-refractivity contribution >= 4 is 22.7 Å². The Morgan fingerprint density at radius 1 is 1.32 bits per heavy atom. The second-order valence-electron chi connectivity index (χ2n) is 7.06. The van der Waals surface area contributed by atoms with E-state index in [1.807, 2.05) is 24.3 Å². The molecule has 0 saturated carbocycles. The van der Waals surface area contributed by atoms with Gasteiger partial charge in [-0.05, 0) is 37.6 Å². The molecular formula is C20H20N4O4. The Labute approximate surface area is 161 Å². The number of rotatable bonds is 5. The van der Waals surface area contributed by atoms with Gasteiger partial charge in [-0.2, -0.15) is 0 Å². The molecule has 8 nitrogen and oxygen atoms in total. The van der Waals surface area contributed by atoms with Crippen LogP contribution in [0.3, 0.4) is 0 Å². The van der Waals surface area contributed by atoms with Crippen LogP contribution >= 0.6 is 0 Å². The summed E-state index contributed by atoms with van der Waals surface area (Å²) in [5, 5.41) is 11.4. The lowest BCUT2D eigenvalue weighted by Gasteiger charge is -2.31. The Balaban J connectivity index is 1.54. The third kappa shape index (κ3) is 3.59. The third-order valence-corrected chi connectivity index (χ3v) is 5.13. The van der Waals surface area contributed by atoms with E-state index in [9.17, 15) is 14.9 Å². The number of piperidine rings is 1. The van der Waals surface area contributed by atoms with Gasteiger partial charge in [0.2, 0.25) is 5.91 Å². The van der Waals surface area contributed by atoms with Crippen LogP contribution in [0, 0.1) is 10.1 Å². The van der Waals surface area contributed by atoms with E-state index in [2.05, 4.69) is 9.88 Å². The maximum absolute atomic E-state index is 11.4. The van der Waals surface area contributed by atoms with Gasteiger partial charge in [0.25, 0.3) is 5.69 Å². The second-order valence-corrected chi connectivity index (χ2v) is 7.06. The number of benzene rings is 2. The Morgan fingerprint density at radius 2 is 2.14 bits per heavy atom. The number of para-hydroxylation sites is 2. The Bertz CT molecular complexity index is 1010. The number of oxazole rings is 1. The number of hydrogen-bond acceptors (Lipinski definition) is 6. The van der Waals surface area contributed by atoms with E-state index in [4.69, 9.17) is 10.2 Å². The smallest absolute Gasteiger partial charge is 0.274 e. The summed E-state index contributed by atoms with van der Waals surface area (Å²) in [4.78, 5) is 29.1. The second kappa shape index (κ2) is 7.40. The zero-order chi connectivity index (χ0) is 19.7. The van der Waals surface area contributed by atoms with E-state index >= 15 is 0 Å². The maximum Gasteiger partial charge on any atom is 0.274 e. The summed E-state index contributed by atoms with van der Waals surface area (Å²) in [6.45, 7) is 1.97. The fourth-order valence-electron chi connectivity index (χ4n) is 3.73. The molecule has 0 spiro atoms. The minimum atomic E-state index is -0.677. The molecule has 2 heterocycles. The van der Waals surface area contributed by atoms with Crippen LogP contribution in [-0.4, -0.2) is 33.8 Å². The number of nitro benzene ring substituents is 1. The minimum Gasteiger partial charge on any atom is -0.440 e. The van der Waals surface area contributed by atoms with Crippen molar-refractivity contribution < 1.29 is 14.1 Å². The average molecular weight is 380 g/mol. The van der Waals surface area contributed by atoms with E-state index in [-0.39, 0.29) is 17.2 Å². The quantitative estimate of drug-likeness (QED) is 0.537. The number of nitrogens with zero attached hydrogens (tertiary/aromatic N) is 3. The van der Waals surface area contributed by atoms with E-state index < -0.39 is 10.8 Å². The van der Waals surface area contributed by atoms with Crippen LogP contribution in [-0.2, 0) is 6.54 Å². The number of carbonyl (C=O) groups is 1. The van der Waals surface area contributed by atoms with Crippen molar-refractivity contribution in [2.45, 2.75) is 25.3 Å². The molecule has 0 aliphatic carbocycles. The van der Waals surface area contributed by atoms with Crippen molar-refractivity contribution in [1.82, 2.24) is 9.88 Å². The minimum absolute atomic E-state index is 0.0831. The first-order valence-corrected chi connectivity index (χ1v) is 9.16. The predicted octanol–water partition coefficient (Wildman–Crippen LogP) is 3.21. The molecule has 1 aliphatic heterocycles. The summed E-state index contributed by atoms with van der Waals surface area (Å²) in [6, 6.07) is 12.1. The Morgan fingerprint density at radius 3 is 2.89 bits per heavy atom. The molecule has 2 N–H and O–H groups in total. The molecule has 144 valence electrons. The fourth-order valence-corrected chi connectivity index (χ4v) is 3.73. The number of nitro groups is 1. The highest BCUT2D eigenvalue weighted by molar-refractivity contribution is 5.93. The van der Waals surface area contributed by atoms with Crippen LogP contribution < -0.4 is 5.73 Å². The van der Waals surface area contributed by atoms with Crippen LogP contribution in [0.5, 0.6) is 0 Å². The van der Waals surface area contributed by atoms with Gasteiger partial charge in [0.05, 0.1) is 4.92 Å². The van der Waals surface area contributed by atoms with Crippen LogP contribution in [0.2, 0.25) is 0 Å². The van der Waals surface area contributed by atoms with Crippen LogP contribution in [0.4, 0.5) is 5.69 Å². The third-order valence-electron chi connectivity index (χ3n) is 5.13. The lowest BCUT2D eigenvalue weighted by atomic mass is 9.97. The van der Waals surface area contributed by atoms with Gasteiger partial charge in [-0.15, -0.1) is 0 Å². The van der Waals surface area contributed by atoms with Crippen molar-refractivity contribution in [2.75, 3.05) is 13.1 Å². The summed E-state index contributed by atoms with van der Waals surface area (Å²) in [6.07, 6.45) is 1.92. The lowest BCUT2D eigenvalue weighted by Crippen LogP contribution is -2.34. The van der Waals surface area contributed by atoms with Crippen LogP contribution in [0.15, 0.2) is 46.9 Å². The highest BCUT2D eigenvalue weighted by Gasteiger charge is 2.27. The van der Waals surface area contributed by atoms with Gasteiger partial charge < -0.3 is 10.2 Å². The highest BCUT2D eigenvalue weighted by Crippen LogP contribution is 2.31. The summed E-state index contributed by atoms with van der Waals surface area (Å²) in [5.74, 6) is 0.179. The van der Waals surface area contributed by atoms with E-state index in [0.29, 0.717) is 24.5 Å². The average Bonchev–Trinajstić information content (AvgIpc) is 3.12. The molecule has 1 fully saturated rings. The number of primary amides is 1. The Hall–Kier alpha value is -3.26. The number of fused-ring (bicyclic) bond motifs is 1. The molecule has 1 unspecified atom stereocenters. The zero-order valence-electron chi connectivity index (χ0n) is 15.2. The molecule has 2 aromatic carbocycles.